The van der Waals surface area contributed by atoms with Crippen molar-refractivity contribution >= 4 is 53.3 Å². The summed E-state index contributed by atoms with van der Waals surface area (Å²) in [6.45, 7) is 30.1. The first-order valence-corrected chi connectivity index (χ1v) is 28.8. The van der Waals surface area contributed by atoms with Crippen molar-refractivity contribution < 1.29 is 31.7 Å². The van der Waals surface area contributed by atoms with Gasteiger partial charge in [-0.1, -0.05) is 0 Å². The van der Waals surface area contributed by atoms with Crippen LogP contribution in [0.2, 0.25) is 98.2 Å². The quantitative estimate of drug-likeness (QED) is 0.264. The molecule has 0 saturated carbocycles. The molecule has 0 spiro atoms. The predicted molar refractivity (Wildman–Crippen MR) is 148 cm³/mol. The van der Waals surface area contributed by atoms with Crippen LogP contribution in [0.15, 0.2) is 0 Å². The molecule has 0 aliphatic rings. The number of carbonyl (C=O) groups is 2. The van der Waals surface area contributed by atoms with Crippen molar-refractivity contribution in [2.45, 2.75) is 117 Å². The lowest BCUT2D eigenvalue weighted by atomic mass is 10.0. The van der Waals surface area contributed by atoms with Crippen molar-refractivity contribution in [2.75, 3.05) is 6.61 Å². The second kappa shape index (κ2) is 11.9. The van der Waals surface area contributed by atoms with Gasteiger partial charge in [-0.05, 0) is 98.2 Å². The predicted octanol–water partition coefficient (Wildman–Crippen LogP) is 5.45. The third-order valence-electron chi connectivity index (χ3n) is 3.65. The van der Waals surface area contributed by atoms with E-state index < -0.39 is 65.9 Å². The Labute approximate surface area is 207 Å². The summed E-state index contributed by atoms with van der Waals surface area (Å²) in [5, 5.41) is 0. The van der Waals surface area contributed by atoms with Crippen LogP contribution in [0.25, 0.3) is 0 Å². The maximum Gasteiger partial charge on any atom is 0.323 e. The Morgan fingerprint density at radius 3 is 1.27 bits per heavy atom. The van der Waals surface area contributed by atoms with Crippen molar-refractivity contribution in [3.63, 3.8) is 0 Å². The minimum atomic E-state index is -2.22. The average Bonchev–Trinajstić information content (AvgIpc) is 2.48. The van der Waals surface area contributed by atoms with Gasteiger partial charge < -0.3 is 22.1 Å². The largest absolute Gasteiger partial charge is 0.518 e. The van der Waals surface area contributed by atoms with E-state index in [0.717, 1.165) is 0 Å². The zero-order valence-electron chi connectivity index (χ0n) is 23.8. The van der Waals surface area contributed by atoms with Gasteiger partial charge in [-0.3, -0.25) is 9.59 Å². The molecule has 0 radical (unpaired) electrons. The molecule has 0 fully saturated rings. The second-order valence-corrected chi connectivity index (χ2v) is 35.7. The lowest BCUT2D eigenvalue weighted by molar-refractivity contribution is -0.155. The van der Waals surface area contributed by atoms with Crippen molar-refractivity contribution in [1.29, 1.82) is 0 Å². The highest BCUT2D eigenvalue weighted by molar-refractivity contribution is 6.72. The molecule has 0 aromatic rings. The van der Waals surface area contributed by atoms with Crippen LogP contribution in [0.5, 0.6) is 0 Å². The van der Waals surface area contributed by atoms with Gasteiger partial charge in [-0.15, -0.1) is 0 Å². The maximum atomic E-state index is 13.5. The molecule has 196 valence electrons. The molecule has 0 bridgehead atoms. The van der Waals surface area contributed by atoms with E-state index in [1.54, 1.807) is 0 Å². The van der Waals surface area contributed by atoms with Crippen LogP contribution < -0.4 is 0 Å². The Balaban J connectivity index is 6.54. The molecule has 0 rings (SSSR count). The third kappa shape index (κ3) is 16.4. The van der Waals surface area contributed by atoms with Gasteiger partial charge in [0.05, 0.1) is 6.61 Å². The molecular weight excluding hydrogens is 505 g/mol. The lowest BCUT2D eigenvalue weighted by Gasteiger charge is -2.40. The highest BCUT2D eigenvalue weighted by Gasteiger charge is 2.47. The molecule has 0 heterocycles. The molecule has 0 N–H and O–H groups in total. The Kier molecular flexibility index (Phi) is 11.9. The minimum Gasteiger partial charge on any atom is -0.518 e. The Morgan fingerprint density at radius 2 is 0.939 bits per heavy atom. The van der Waals surface area contributed by atoms with Crippen LogP contribution in [0.3, 0.4) is 0 Å². The van der Waals surface area contributed by atoms with Gasteiger partial charge in [0.15, 0.2) is 45.2 Å². The molecule has 0 aliphatic carbocycles. The fourth-order valence-electron chi connectivity index (χ4n) is 2.75. The normalized spacial score (nSPS) is 16.8. The lowest BCUT2D eigenvalue weighted by Crippen LogP contribution is -2.59. The van der Waals surface area contributed by atoms with Gasteiger partial charge in [0.1, 0.15) is 12.2 Å². The fraction of sp³-hybridized carbons (Fsp3) is 0.905. The summed E-state index contributed by atoms with van der Waals surface area (Å²) in [5.74, 6) is -0.684. The summed E-state index contributed by atoms with van der Waals surface area (Å²) in [4.78, 5) is 27.0. The summed E-state index contributed by atoms with van der Waals surface area (Å²) in [6.07, 6.45) is -2.89. The molecule has 0 aromatic carbocycles. The molecule has 0 aliphatic heterocycles. The first-order chi connectivity index (χ1) is 14.3. The number of hydrogen-bond acceptors (Lipinski definition) is 7. The molecule has 0 aromatic heterocycles. The Bertz CT molecular complexity index is 652. The summed E-state index contributed by atoms with van der Waals surface area (Å²) in [5.41, 5.74) is 0. The van der Waals surface area contributed by atoms with E-state index in [1.807, 2.05) is 98.2 Å². The average molecular weight is 555 g/mol. The number of ketones is 1. The molecule has 12 heteroatoms. The zero-order chi connectivity index (χ0) is 26.6. The Hall–Kier alpha value is 0.0644. The van der Waals surface area contributed by atoms with Gasteiger partial charge in [0.25, 0.3) is 0 Å². The highest BCUT2D eigenvalue weighted by Crippen LogP contribution is 2.26. The highest BCUT2D eigenvalue weighted by atomic mass is 28.4. The third-order valence-corrected chi connectivity index (χ3v) is 8.38. The number of Topliss-reactive ketones (excluding diaryl/α,β-unsaturated/α-hetero) is 1. The van der Waals surface area contributed by atoms with E-state index in [-0.39, 0.29) is 12.4 Å². The maximum absolute atomic E-state index is 13.5. The summed E-state index contributed by atoms with van der Waals surface area (Å²) in [7, 11) is -10.8. The molecule has 33 heavy (non-hydrogen) atoms. The molecule has 0 amide bonds. The molecule has 0 unspecified atom stereocenters. The van der Waals surface area contributed by atoms with Gasteiger partial charge in [-0.2, -0.15) is 0 Å². The van der Waals surface area contributed by atoms with Gasteiger partial charge in [-0.25, -0.2) is 0 Å². The van der Waals surface area contributed by atoms with Gasteiger partial charge >= 0.3 is 5.97 Å². The smallest absolute Gasteiger partial charge is 0.323 e. The first kappa shape index (κ1) is 33.1. The first-order valence-electron chi connectivity index (χ1n) is 11.7. The van der Waals surface area contributed by atoms with Gasteiger partial charge in [0, 0.05) is 0 Å². The molecule has 7 nitrogen and oxygen atoms in total. The van der Waals surface area contributed by atoms with Crippen molar-refractivity contribution in [2.24, 2.45) is 0 Å². The zero-order valence-corrected chi connectivity index (χ0v) is 28.8. The number of hydrogen-bond donors (Lipinski definition) is 0. The Morgan fingerprint density at radius 1 is 0.545 bits per heavy atom. The summed E-state index contributed by atoms with van der Waals surface area (Å²) in [6, 6.07) is 0. The van der Waals surface area contributed by atoms with E-state index in [9.17, 15) is 9.59 Å². The molecular formula is C21H50O7Si5. The van der Waals surface area contributed by atoms with Crippen LogP contribution >= 0.6 is 0 Å². The number of carbonyl (C=O) groups excluding carboxylic acids is 2. The van der Waals surface area contributed by atoms with Crippen molar-refractivity contribution in [3.8, 4) is 0 Å². The second-order valence-electron chi connectivity index (χ2n) is 13.4. The fourth-order valence-corrected chi connectivity index (χ4v) is 7.13. The van der Waals surface area contributed by atoms with E-state index in [4.69, 9.17) is 22.1 Å². The van der Waals surface area contributed by atoms with Crippen LogP contribution in [0.1, 0.15) is 0 Å². The monoisotopic (exact) mass is 554 g/mol. The van der Waals surface area contributed by atoms with E-state index in [1.165, 1.54) is 0 Å². The van der Waals surface area contributed by atoms with Gasteiger partial charge in [0.2, 0.25) is 8.32 Å². The molecule has 0 saturated heterocycles. The van der Waals surface area contributed by atoms with E-state index in [0.29, 0.717) is 0 Å². The topological polar surface area (TPSA) is 80.3 Å². The van der Waals surface area contributed by atoms with Crippen LogP contribution in [-0.2, 0) is 31.7 Å². The van der Waals surface area contributed by atoms with Crippen LogP contribution in [0, 0.1) is 0 Å². The van der Waals surface area contributed by atoms with Crippen LogP contribution in [-0.4, -0.2) is 78.3 Å². The summed E-state index contributed by atoms with van der Waals surface area (Å²) >= 11 is 0. The van der Waals surface area contributed by atoms with E-state index >= 15 is 0 Å². The molecule has 3 atom stereocenters. The summed E-state index contributed by atoms with van der Waals surface area (Å²) < 4.78 is 31.1. The van der Waals surface area contributed by atoms with Crippen molar-refractivity contribution in [3.05, 3.63) is 0 Å². The standard InChI is InChI=1S/C21H50O7Si5/c1-29(2,3)24-16-17(22)18(25-30(4,5)6)19(26-31(7,8)9)20(27-32(10,11)12)21(23)28-33(13,14)15/h18-20H,16H2,1-15H3/t18-,19-,20-/m0/s1. The van der Waals surface area contributed by atoms with Crippen molar-refractivity contribution in [1.82, 2.24) is 0 Å². The SMILES string of the molecule is C[Si](C)(C)OCC(=O)[C@H](O[Si](C)(C)C)[C@H](O[Si](C)(C)C)[C@H](O[Si](C)(C)C)C(=O)O[Si](C)(C)C. The minimum absolute atomic E-state index is 0.0703. The van der Waals surface area contributed by atoms with E-state index in [2.05, 4.69) is 0 Å². The number of rotatable bonds is 14. The van der Waals surface area contributed by atoms with Crippen LogP contribution in [0.4, 0.5) is 0 Å².